The molecule has 0 aliphatic carbocycles. The predicted octanol–water partition coefficient (Wildman–Crippen LogP) is 3.44. The Morgan fingerprint density at radius 2 is 2.04 bits per heavy atom. The topological polar surface area (TPSA) is 49.5 Å². The minimum absolute atomic E-state index is 0.293. The van der Waals surface area contributed by atoms with Crippen LogP contribution in [0.2, 0.25) is 0 Å². The average Bonchev–Trinajstić information content (AvgIpc) is 2.88. The smallest absolute Gasteiger partial charge is 0.209 e. The zero-order valence-electron chi connectivity index (χ0n) is 13.2. The zero-order chi connectivity index (χ0) is 16.4. The Labute approximate surface area is 134 Å². The monoisotopic (exact) mass is 314 g/mol. The first-order valence-electron chi connectivity index (χ1n) is 7.50. The molecule has 1 aromatic heterocycles. The second kappa shape index (κ2) is 6.48. The van der Waals surface area contributed by atoms with Crippen LogP contribution < -0.4 is 0 Å². The van der Waals surface area contributed by atoms with Crippen molar-refractivity contribution in [1.29, 1.82) is 0 Å². The molecule has 0 radical (unpaired) electrons. The van der Waals surface area contributed by atoms with Crippen LogP contribution >= 0.6 is 0 Å². The van der Waals surface area contributed by atoms with Crippen LogP contribution in [0.5, 0.6) is 0 Å². The molecule has 0 aliphatic heterocycles. The predicted molar refractivity (Wildman–Crippen MR) is 86.4 cm³/mol. The molecule has 0 bridgehead atoms. The number of nitrogens with zero attached hydrogens (tertiary/aromatic N) is 2. The molecule has 120 valence electrons. The van der Waals surface area contributed by atoms with Gasteiger partial charge in [0.25, 0.3) is 0 Å². The Bertz CT molecular complexity index is 783. The molecule has 0 saturated carbocycles. The Hall–Kier alpha value is -2.24. The third kappa shape index (κ3) is 3.57. The van der Waals surface area contributed by atoms with Gasteiger partial charge in [0.2, 0.25) is 5.89 Å². The molecule has 1 heterocycles. The first kappa shape index (κ1) is 15.6. The van der Waals surface area contributed by atoms with Gasteiger partial charge in [-0.1, -0.05) is 18.2 Å². The lowest BCUT2D eigenvalue weighted by molar-refractivity contribution is 0.119. The molecule has 4 nitrogen and oxygen atoms in total. The van der Waals surface area contributed by atoms with Crippen molar-refractivity contribution in [1.82, 2.24) is 9.88 Å². The van der Waals surface area contributed by atoms with Crippen molar-refractivity contribution in [2.24, 2.45) is 0 Å². The number of likely N-dealkylation sites (N-methyl/N-ethyl adjacent to an activating group) is 1. The lowest BCUT2D eigenvalue weighted by Crippen LogP contribution is -2.24. The van der Waals surface area contributed by atoms with Gasteiger partial charge in [0.05, 0.1) is 12.6 Å². The third-order valence-electron chi connectivity index (χ3n) is 3.82. The molecular weight excluding hydrogens is 295 g/mol. The number of aryl methyl sites for hydroxylation is 1. The van der Waals surface area contributed by atoms with E-state index in [-0.39, 0.29) is 5.82 Å². The first-order chi connectivity index (χ1) is 11.0. The number of oxazole rings is 1. The molecule has 1 atom stereocenters. The summed E-state index contributed by atoms with van der Waals surface area (Å²) in [6.07, 6.45) is -0.690. The van der Waals surface area contributed by atoms with Gasteiger partial charge in [-0.25, -0.2) is 9.37 Å². The fourth-order valence-corrected chi connectivity index (χ4v) is 2.69. The molecule has 1 N–H and O–H groups in total. The van der Waals surface area contributed by atoms with E-state index in [0.29, 0.717) is 19.0 Å². The van der Waals surface area contributed by atoms with Crippen LogP contribution in [0.3, 0.4) is 0 Å². The number of aliphatic hydroxyl groups is 1. The van der Waals surface area contributed by atoms with E-state index < -0.39 is 6.10 Å². The maximum Gasteiger partial charge on any atom is 0.209 e. The van der Waals surface area contributed by atoms with E-state index >= 15 is 0 Å². The molecular formula is C18H19FN2O2. The van der Waals surface area contributed by atoms with E-state index in [1.807, 2.05) is 36.2 Å². The van der Waals surface area contributed by atoms with Crippen molar-refractivity contribution < 1.29 is 13.9 Å². The number of aromatic nitrogens is 1. The Morgan fingerprint density at radius 1 is 1.26 bits per heavy atom. The average molecular weight is 314 g/mol. The SMILES string of the molecule is Cc1cc(F)ccc1C(O)CN(C)Cc1nc2ccccc2o1. The third-order valence-corrected chi connectivity index (χ3v) is 3.82. The molecule has 23 heavy (non-hydrogen) atoms. The van der Waals surface area contributed by atoms with Gasteiger partial charge in [0.15, 0.2) is 5.58 Å². The van der Waals surface area contributed by atoms with Gasteiger partial charge in [-0.2, -0.15) is 0 Å². The van der Waals surface area contributed by atoms with Gasteiger partial charge in [-0.05, 0) is 49.4 Å². The van der Waals surface area contributed by atoms with E-state index in [9.17, 15) is 9.50 Å². The minimum Gasteiger partial charge on any atom is -0.439 e. The molecule has 0 spiro atoms. The number of hydrogen-bond acceptors (Lipinski definition) is 4. The molecule has 3 aromatic rings. The highest BCUT2D eigenvalue weighted by molar-refractivity contribution is 5.72. The Kier molecular flexibility index (Phi) is 4.41. The number of rotatable bonds is 5. The van der Waals surface area contributed by atoms with Crippen molar-refractivity contribution in [3.63, 3.8) is 0 Å². The molecule has 0 aliphatic rings. The summed E-state index contributed by atoms with van der Waals surface area (Å²) in [6, 6.07) is 12.0. The fraction of sp³-hybridized carbons (Fsp3) is 0.278. The van der Waals surface area contributed by atoms with Gasteiger partial charge in [-0.3, -0.25) is 4.90 Å². The molecule has 1 unspecified atom stereocenters. The van der Waals surface area contributed by atoms with Crippen LogP contribution in [-0.4, -0.2) is 28.6 Å². The van der Waals surface area contributed by atoms with Crippen LogP contribution in [-0.2, 0) is 6.54 Å². The number of hydrogen-bond donors (Lipinski definition) is 1. The summed E-state index contributed by atoms with van der Waals surface area (Å²) in [5, 5.41) is 10.4. The normalized spacial score (nSPS) is 12.9. The van der Waals surface area contributed by atoms with Gasteiger partial charge in [-0.15, -0.1) is 0 Å². The highest BCUT2D eigenvalue weighted by Crippen LogP contribution is 2.21. The molecule has 2 aromatic carbocycles. The molecule has 5 heteroatoms. The highest BCUT2D eigenvalue weighted by atomic mass is 19.1. The van der Waals surface area contributed by atoms with E-state index in [4.69, 9.17) is 4.42 Å². The second-order valence-corrected chi connectivity index (χ2v) is 5.79. The summed E-state index contributed by atoms with van der Waals surface area (Å²) in [6.45, 7) is 2.69. The van der Waals surface area contributed by atoms with Crippen LogP contribution in [0.1, 0.15) is 23.1 Å². The van der Waals surface area contributed by atoms with Gasteiger partial charge < -0.3 is 9.52 Å². The summed E-state index contributed by atoms with van der Waals surface area (Å²) in [4.78, 5) is 6.35. The van der Waals surface area contributed by atoms with Crippen LogP contribution in [0.4, 0.5) is 4.39 Å². The Balaban J connectivity index is 1.67. The zero-order valence-corrected chi connectivity index (χ0v) is 13.2. The summed E-state index contributed by atoms with van der Waals surface area (Å²) >= 11 is 0. The number of para-hydroxylation sites is 2. The van der Waals surface area contributed by atoms with Gasteiger partial charge in [0.1, 0.15) is 11.3 Å². The second-order valence-electron chi connectivity index (χ2n) is 5.79. The fourth-order valence-electron chi connectivity index (χ4n) is 2.69. The van der Waals surface area contributed by atoms with E-state index in [2.05, 4.69) is 4.98 Å². The van der Waals surface area contributed by atoms with Crippen molar-refractivity contribution >= 4 is 11.1 Å². The first-order valence-corrected chi connectivity index (χ1v) is 7.50. The van der Waals surface area contributed by atoms with E-state index in [1.165, 1.54) is 12.1 Å². The minimum atomic E-state index is -0.690. The van der Waals surface area contributed by atoms with Crippen LogP contribution in [0, 0.1) is 12.7 Å². The standard InChI is InChI=1S/C18H19FN2O2/c1-12-9-13(19)7-8-14(12)16(22)10-21(2)11-18-20-15-5-3-4-6-17(15)23-18/h3-9,16,22H,10-11H2,1-2H3. The number of fused-ring (bicyclic) bond motifs is 1. The van der Waals surface area contributed by atoms with Gasteiger partial charge >= 0.3 is 0 Å². The van der Waals surface area contributed by atoms with Gasteiger partial charge in [0, 0.05) is 6.54 Å². The summed E-state index contributed by atoms with van der Waals surface area (Å²) in [5.74, 6) is 0.315. The van der Waals surface area contributed by atoms with Crippen molar-refractivity contribution in [2.75, 3.05) is 13.6 Å². The largest absolute Gasteiger partial charge is 0.439 e. The lowest BCUT2D eigenvalue weighted by Gasteiger charge is -2.20. The quantitative estimate of drug-likeness (QED) is 0.784. The van der Waals surface area contributed by atoms with E-state index in [0.717, 1.165) is 22.2 Å². The summed E-state index contributed by atoms with van der Waals surface area (Å²) < 4.78 is 18.8. The highest BCUT2D eigenvalue weighted by Gasteiger charge is 2.15. The van der Waals surface area contributed by atoms with Crippen molar-refractivity contribution in [3.8, 4) is 0 Å². The number of halogens is 1. The number of aliphatic hydroxyl groups excluding tert-OH is 1. The molecule has 0 amide bonds. The maximum atomic E-state index is 13.1. The molecule has 3 rings (SSSR count). The van der Waals surface area contributed by atoms with E-state index in [1.54, 1.807) is 13.0 Å². The molecule has 0 fully saturated rings. The molecule has 0 saturated heterocycles. The number of benzene rings is 2. The van der Waals surface area contributed by atoms with Crippen LogP contribution in [0.15, 0.2) is 46.9 Å². The summed E-state index contributed by atoms with van der Waals surface area (Å²) in [7, 11) is 1.89. The maximum absolute atomic E-state index is 13.1. The van der Waals surface area contributed by atoms with Crippen molar-refractivity contribution in [3.05, 3.63) is 65.3 Å². The van der Waals surface area contributed by atoms with Crippen molar-refractivity contribution in [2.45, 2.75) is 19.6 Å². The van der Waals surface area contributed by atoms with Crippen LogP contribution in [0.25, 0.3) is 11.1 Å². The lowest BCUT2D eigenvalue weighted by atomic mass is 10.0. The Morgan fingerprint density at radius 3 is 2.78 bits per heavy atom. The summed E-state index contributed by atoms with van der Waals surface area (Å²) in [5.41, 5.74) is 3.06.